The molecule has 0 saturated heterocycles. The van der Waals surface area contributed by atoms with Gasteiger partial charge in [0, 0.05) is 38.7 Å². The average molecular weight is 626 g/mol. The Balaban J connectivity index is 1.17. The van der Waals surface area contributed by atoms with E-state index >= 15 is 0 Å². The molecular formula is C46H27NO2. The molecule has 0 bridgehead atoms. The molecule has 2 aliphatic rings. The molecule has 228 valence electrons. The van der Waals surface area contributed by atoms with Crippen LogP contribution < -0.4 is 4.90 Å². The first-order valence-corrected chi connectivity index (χ1v) is 16.5. The summed E-state index contributed by atoms with van der Waals surface area (Å²) in [6, 6.07) is 54.2. The topological polar surface area (TPSA) is 37.4 Å². The van der Waals surface area contributed by atoms with Crippen molar-refractivity contribution in [3.05, 3.63) is 180 Å². The van der Waals surface area contributed by atoms with Crippen LogP contribution in [-0.2, 0) is 0 Å². The molecule has 0 heterocycles. The van der Waals surface area contributed by atoms with E-state index in [0.717, 1.165) is 50.1 Å². The molecule has 0 atom stereocenters. The number of benzene rings is 8. The van der Waals surface area contributed by atoms with Gasteiger partial charge in [0.2, 0.25) is 0 Å². The van der Waals surface area contributed by atoms with Crippen LogP contribution >= 0.6 is 0 Å². The van der Waals surface area contributed by atoms with Gasteiger partial charge in [0.15, 0.2) is 11.6 Å². The van der Waals surface area contributed by atoms with E-state index in [0.29, 0.717) is 11.1 Å². The monoisotopic (exact) mass is 625 g/mol. The number of ketones is 2. The normalized spacial score (nSPS) is 12.9. The lowest BCUT2D eigenvalue weighted by atomic mass is 9.92. The predicted molar refractivity (Wildman–Crippen MR) is 201 cm³/mol. The Bertz CT molecular complexity index is 2650. The minimum absolute atomic E-state index is 0.214. The van der Waals surface area contributed by atoms with Crippen molar-refractivity contribution in [2.24, 2.45) is 0 Å². The molecule has 0 radical (unpaired) electrons. The number of fused-ring (bicyclic) bond motifs is 7. The number of hydrogen-bond donors (Lipinski definition) is 0. The Morgan fingerprint density at radius 1 is 0.429 bits per heavy atom. The summed E-state index contributed by atoms with van der Waals surface area (Å²) in [5, 5.41) is 6.64. The van der Waals surface area contributed by atoms with Gasteiger partial charge in [-0.1, -0.05) is 115 Å². The molecule has 8 aromatic carbocycles. The zero-order valence-corrected chi connectivity index (χ0v) is 26.4. The van der Waals surface area contributed by atoms with Gasteiger partial charge in [-0.2, -0.15) is 0 Å². The predicted octanol–water partition coefficient (Wildman–Crippen LogP) is 11.7. The van der Waals surface area contributed by atoms with Crippen LogP contribution in [0.5, 0.6) is 0 Å². The van der Waals surface area contributed by atoms with Crippen LogP contribution in [0.2, 0.25) is 0 Å². The molecule has 0 aliphatic heterocycles. The number of anilines is 3. The van der Waals surface area contributed by atoms with Crippen molar-refractivity contribution >= 4 is 67.0 Å². The number of allylic oxidation sites excluding steroid dienone is 1. The smallest absolute Gasteiger partial charge is 0.197 e. The van der Waals surface area contributed by atoms with Crippen molar-refractivity contribution in [2.75, 3.05) is 4.90 Å². The molecule has 0 spiro atoms. The van der Waals surface area contributed by atoms with E-state index in [2.05, 4.69) is 120 Å². The molecule has 0 N–H and O–H groups in total. The molecule has 0 unspecified atom stereocenters. The molecular weight excluding hydrogens is 599 g/mol. The first kappa shape index (κ1) is 27.5. The highest BCUT2D eigenvalue weighted by molar-refractivity contribution is 6.42. The van der Waals surface area contributed by atoms with E-state index in [9.17, 15) is 9.59 Å². The molecule has 3 nitrogen and oxygen atoms in total. The van der Waals surface area contributed by atoms with E-state index in [1.54, 1.807) is 6.08 Å². The lowest BCUT2D eigenvalue weighted by Crippen LogP contribution is -2.11. The van der Waals surface area contributed by atoms with E-state index < -0.39 is 0 Å². The second-order valence-corrected chi connectivity index (χ2v) is 12.8. The molecule has 10 rings (SSSR count). The number of carbonyl (C=O) groups is 2. The van der Waals surface area contributed by atoms with E-state index in [-0.39, 0.29) is 17.1 Å². The highest BCUT2D eigenvalue weighted by atomic mass is 16.2. The summed E-state index contributed by atoms with van der Waals surface area (Å²) in [5.41, 5.74) is 9.93. The van der Waals surface area contributed by atoms with Crippen molar-refractivity contribution in [3.63, 3.8) is 0 Å². The van der Waals surface area contributed by atoms with Gasteiger partial charge in [0.1, 0.15) is 0 Å². The average Bonchev–Trinajstić information content (AvgIpc) is 3.60. The van der Waals surface area contributed by atoms with Crippen molar-refractivity contribution in [1.82, 2.24) is 0 Å². The third-order valence-corrected chi connectivity index (χ3v) is 10.1. The lowest BCUT2D eigenvalue weighted by molar-refractivity contribution is 0.0990. The quantitative estimate of drug-likeness (QED) is 0.111. The third-order valence-electron chi connectivity index (χ3n) is 10.1. The second kappa shape index (κ2) is 10.5. The van der Waals surface area contributed by atoms with Crippen LogP contribution in [0.25, 0.3) is 60.6 Å². The molecule has 0 amide bonds. The molecule has 8 aromatic rings. The van der Waals surface area contributed by atoms with Gasteiger partial charge >= 0.3 is 0 Å². The molecule has 2 aliphatic carbocycles. The maximum Gasteiger partial charge on any atom is 0.197 e. The van der Waals surface area contributed by atoms with Gasteiger partial charge in [-0.05, 0) is 92.5 Å². The Morgan fingerprint density at radius 3 is 1.65 bits per heavy atom. The Kier molecular flexibility index (Phi) is 5.88. The standard InChI is InChI=1S/C46H27NO2/c48-45-39-26-29-12-7-8-13-30(29)27-40(39)46(49)41(45)25-28-22-23-35-38(24-28)34-20-11-21-37-43(34)42(35)33-18-9-10-19-36(33)44(37)47(31-14-3-1-4-15-31)32-16-5-2-6-17-32/h1-27H. The molecule has 0 fully saturated rings. The van der Waals surface area contributed by atoms with Crippen LogP contribution in [-0.4, -0.2) is 11.6 Å². The number of nitrogens with zero attached hydrogens (tertiary/aromatic N) is 1. The summed E-state index contributed by atoms with van der Waals surface area (Å²) >= 11 is 0. The zero-order chi connectivity index (χ0) is 32.6. The van der Waals surface area contributed by atoms with Crippen LogP contribution in [0.3, 0.4) is 0 Å². The first-order valence-electron chi connectivity index (χ1n) is 16.5. The number of hydrogen-bond acceptors (Lipinski definition) is 3. The summed E-state index contributed by atoms with van der Waals surface area (Å²) in [6.45, 7) is 0. The Morgan fingerprint density at radius 2 is 1.00 bits per heavy atom. The van der Waals surface area contributed by atoms with Gasteiger partial charge in [-0.25, -0.2) is 0 Å². The van der Waals surface area contributed by atoms with Crippen molar-refractivity contribution in [2.45, 2.75) is 0 Å². The summed E-state index contributed by atoms with van der Waals surface area (Å²) < 4.78 is 0. The molecule has 49 heavy (non-hydrogen) atoms. The zero-order valence-electron chi connectivity index (χ0n) is 26.4. The fourth-order valence-electron chi connectivity index (χ4n) is 7.91. The van der Waals surface area contributed by atoms with Gasteiger partial charge in [0.25, 0.3) is 0 Å². The largest absolute Gasteiger partial charge is 0.309 e. The number of carbonyl (C=O) groups excluding carboxylic acids is 2. The Labute approximate surface area is 283 Å². The highest BCUT2D eigenvalue weighted by Crippen LogP contribution is 2.55. The first-order chi connectivity index (χ1) is 24.2. The van der Waals surface area contributed by atoms with Crippen molar-refractivity contribution < 1.29 is 9.59 Å². The van der Waals surface area contributed by atoms with Gasteiger partial charge in [-0.15, -0.1) is 0 Å². The summed E-state index contributed by atoms with van der Waals surface area (Å²) in [7, 11) is 0. The number of rotatable bonds is 4. The molecule has 0 aromatic heterocycles. The SMILES string of the molecule is O=C1C(=Cc2ccc3c(c2)-c2cccc4c(N(c5ccccc5)c5ccccc5)c5ccccc5c-3c24)C(=O)c2cc3ccccc3cc21. The fourth-order valence-corrected chi connectivity index (χ4v) is 7.91. The lowest BCUT2D eigenvalue weighted by Gasteiger charge is -2.29. The van der Waals surface area contributed by atoms with Crippen molar-refractivity contribution in [3.8, 4) is 22.3 Å². The van der Waals surface area contributed by atoms with Crippen molar-refractivity contribution in [1.29, 1.82) is 0 Å². The number of Topliss-reactive ketones (excluding diaryl/α,β-unsaturated/α-hetero) is 2. The van der Waals surface area contributed by atoms with Crippen LogP contribution in [0, 0.1) is 0 Å². The molecule has 3 heteroatoms. The minimum Gasteiger partial charge on any atom is -0.309 e. The maximum absolute atomic E-state index is 13.6. The summed E-state index contributed by atoms with van der Waals surface area (Å²) in [4.78, 5) is 29.6. The maximum atomic E-state index is 13.6. The summed E-state index contributed by atoms with van der Waals surface area (Å²) in [5.74, 6) is -0.427. The fraction of sp³-hybridized carbons (Fsp3) is 0. The minimum atomic E-state index is -0.214. The van der Waals surface area contributed by atoms with Gasteiger partial charge in [0.05, 0.1) is 11.3 Å². The van der Waals surface area contributed by atoms with E-state index in [4.69, 9.17) is 0 Å². The highest BCUT2D eigenvalue weighted by Gasteiger charge is 2.34. The van der Waals surface area contributed by atoms with E-state index in [1.165, 1.54) is 27.1 Å². The molecule has 0 saturated carbocycles. The van der Waals surface area contributed by atoms with Crippen LogP contribution in [0.1, 0.15) is 26.3 Å². The van der Waals surface area contributed by atoms with Gasteiger partial charge in [-0.3, -0.25) is 9.59 Å². The van der Waals surface area contributed by atoms with Gasteiger partial charge < -0.3 is 4.90 Å². The summed E-state index contributed by atoms with van der Waals surface area (Å²) in [6.07, 6.45) is 1.77. The van der Waals surface area contributed by atoms with Crippen LogP contribution in [0.15, 0.2) is 163 Å². The van der Waals surface area contributed by atoms with E-state index in [1.807, 2.05) is 42.5 Å². The second-order valence-electron chi connectivity index (χ2n) is 12.8. The Hall–Kier alpha value is -6.58. The van der Waals surface area contributed by atoms with Crippen LogP contribution in [0.4, 0.5) is 17.1 Å². The third kappa shape index (κ3) is 4.03. The number of para-hydroxylation sites is 2.